The fraction of sp³-hybridized carbons (Fsp3) is 0.524. The molecule has 2 fully saturated rings. The molecule has 4 rings (SSSR count). The van der Waals surface area contributed by atoms with Gasteiger partial charge in [0.2, 0.25) is 0 Å². The van der Waals surface area contributed by atoms with Crippen LogP contribution in [0.25, 0.3) is 0 Å². The fourth-order valence-corrected chi connectivity index (χ4v) is 4.33. The molecule has 2 aromatic heterocycles. The molecule has 0 saturated carbocycles. The Bertz CT molecular complexity index is 682. The highest BCUT2D eigenvalue weighted by molar-refractivity contribution is 5.10. The van der Waals surface area contributed by atoms with Crippen molar-refractivity contribution in [2.75, 3.05) is 26.3 Å². The number of nitrogens with zero attached hydrogens (tertiary/aromatic N) is 3. The highest BCUT2D eigenvalue weighted by Gasteiger charge is 2.46. The predicted octanol–water partition coefficient (Wildman–Crippen LogP) is 3.06. The summed E-state index contributed by atoms with van der Waals surface area (Å²) in [5.41, 5.74) is 2.55. The summed E-state index contributed by atoms with van der Waals surface area (Å²) in [7, 11) is 0. The summed E-state index contributed by atoms with van der Waals surface area (Å²) in [6.07, 6.45) is 11.1. The highest BCUT2D eigenvalue weighted by atomic mass is 16.5. The van der Waals surface area contributed by atoms with Crippen LogP contribution in [0.1, 0.15) is 30.4 Å². The molecular formula is C21H27N3O2. The molecule has 0 spiro atoms. The van der Waals surface area contributed by atoms with Gasteiger partial charge >= 0.3 is 0 Å². The van der Waals surface area contributed by atoms with Crippen molar-refractivity contribution in [3.8, 4) is 0 Å². The molecule has 0 aliphatic carbocycles. The maximum atomic E-state index is 6.16. The molecule has 0 unspecified atom stereocenters. The molecular weight excluding hydrogens is 326 g/mol. The lowest BCUT2D eigenvalue weighted by molar-refractivity contribution is -0.155. The summed E-state index contributed by atoms with van der Waals surface area (Å²) in [4.78, 5) is 10.8. The lowest BCUT2D eigenvalue weighted by atomic mass is 9.73. The molecule has 2 aliphatic heterocycles. The lowest BCUT2D eigenvalue weighted by Crippen LogP contribution is -2.56. The number of pyridine rings is 2. The van der Waals surface area contributed by atoms with Crippen molar-refractivity contribution in [3.05, 3.63) is 60.2 Å². The Morgan fingerprint density at radius 2 is 2.08 bits per heavy atom. The summed E-state index contributed by atoms with van der Waals surface area (Å²) in [5, 5.41) is 0. The molecule has 0 N–H and O–H groups in total. The largest absolute Gasteiger partial charge is 0.377 e. The second-order valence-electron chi connectivity index (χ2n) is 7.53. The molecule has 138 valence electrons. The first-order chi connectivity index (χ1) is 12.8. The standard InChI is InChI=1S/C21H27N3O2/c1-3-19(13-23-8-1)15-25-17-21-7-2-12-26-20(21)6-11-24(16-21)14-18-4-9-22-10-5-18/h1,3-5,8-10,13,20H,2,6-7,11-12,14-17H2/t20-,21-/m0/s1. The summed E-state index contributed by atoms with van der Waals surface area (Å²) >= 11 is 0. The number of hydrogen-bond acceptors (Lipinski definition) is 5. The quantitative estimate of drug-likeness (QED) is 0.799. The number of ether oxygens (including phenoxy) is 2. The third-order valence-corrected chi connectivity index (χ3v) is 5.60. The average molecular weight is 353 g/mol. The molecule has 0 aromatic carbocycles. The van der Waals surface area contributed by atoms with Crippen molar-refractivity contribution >= 4 is 0 Å². The molecule has 5 heteroatoms. The van der Waals surface area contributed by atoms with E-state index in [1.54, 1.807) is 6.20 Å². The highest BCUT2D eigenvalue weighted by Crippen LogP contribution is 2.41. The molecule has 2 atom stereocenters. The van der Waals surface area contributed by atoms with Crippen LogP contribution in [0, 0.1) is 5.41 Å². The van der Waals surface area contributed by atoms with E-state index in [0.717, 1.165) is 51.3 Å². The van der Waals surface area contributed by atoms with E-state index in [4.69, 9.17) is 9.47 Å². The Labute approximate surface area is 155 Å². The Morgan fingerprint density at radius 1 is 1.15 bits per heavy atom. The van der Waals surface area contributed by atoms with Gasteiger partial charge in [-0.25, -0.2) is 0 Å². The third kappa shape index (κ3) is 4.11. The normalized spacial score (nSPS) is 26.4. The molecule has 0 radical (unpaired) electrons. The Morgan fingerprint density at radius 3 is 2.92 bits per heavy atom. The minimum absolute atomic E-state index is 0.103. The third-order valence-electron chi connectivity index (χ3n) is 5.60. The minimum Gasteiger partial charge on any atom is -0.377 e. The Kier molecular flexibility index (Phi) is 5.58. The van der Waals surface area contributed by atoms with Crippen LogP contribution >= 0.6 is 0 Å². The van der Waals surface area contributed by atoms with Gasteiger partial charge < -0.3 is 9.47 Å². The SMILES string of the molecule is c1cncc(COC[C@@]23CCCO[C@H]2CCN(Cc2ccncc2)C3)c1. The van der Waals surface area contributed by atoms with E-state index in [1.165, 1.54) is 12.0 Å². The summed E-state index contributed by atoms with van der Waals surface area (Å²) in [6.45, 7) is 5.34. The smallest absolute Gasteiger partial charge is 0.0732 e. The van der Waals surface area contributed by atoms with Gasteiger partial charge in [-0.3, -0.25) is 14.9 Å². The second kappa shape index (κ2) is 8.25. The molecule has 0 bridgehead atoms. The summed E-state index contributed by atoms with van der Waals surface area (Å²) in [6, 6.07) is 8.24. The number of likely N-dealkylation sites (tertiary alicyclic amines) is 1. The molecule has 2 saturated heterocycles. The zero-order valence-corrected chi connectivity index (χ0v) is 15.2. The van der Waals surface area contributed by atoms with Gasteiger partial charge in [-0.15, -0.1) is 0 Å². The molecule has 2 aromatic rings. The van der Waals surface area contributed by atoms with Gasteiger partial charge in [-0.2, -0.15) is 0 Å². The van der Waals surface area contributed by atoms with Crippen LogP contribution in [-0.4, -0.2) is 47.3 Å². The van der Waals surface area contributed by atoms with E-state index in [0.29, 0.717) is 12.7 Å². The minimum atomic E-state index is 0.103. The van der Waals surface area contributed by atoms with Gasteiger partial charge in [0.25, 0.3) is 0 Å². The number of rotatable bonds is 6. The maximum Gasteiger partial charge on any atom is 0.0732 e. The van der Waals surface area contributed by atoms with Crippen molar-refractivity contribution in [1.82, 2.24) is 14.9 Å². The van der Waals surface area contributed by atoms with Crippen molar-refractivity contribution < 1.29 is 9.47 Å². The summed E-state index contributed by atoms with van der Waals surface area (Å²) in [5.74, 6) is 0. The van der Waals surface area contributed by atoms with Crippen LogP contribution in [0.15, 0.2) is 49.1 Å². The van der Waals surface area contributed by atoms with Crippen LogP contribution < -0.4 is 0 Å². The van der Waals surface area contributed by atoms with Gasteiger partial charge in [-0.05, 0) is 48.6 Å². The Hall–Kier alpha value is -1.82. The number of fused-ring (bicyclic) bond motifs is 1. The number of aromatic nitrogens is 2. The monoisotopic (exact) mass is 353 g/mol. The van der Waals surface area contributed by atoms with Crippen LogP contribution in [0.3, 0.4) is 0 Å². The first-order valence-electron chi connectivity index (χ1n) is 9.54. The van der Waals surface area contributed by atoms with E-state index in [-0.39, 0.29) is 5.41 Å². The van der Waals surface area contributed by atoms with Crippen molar-refractivity contribution in [1.29, 1.82) is 0 Å². The first kappa shape index (κ1) is 17.6. The average Bonchev–Trinajstić information content (AvgIpc) is 2.69. The van der Waals surface area contributed by atoms with Gasteiger partial charge in [-0.1, -0.05) is 6.07 Å². The van der Waals surface area contributed by atoms with E-state index in [9.17, 15) is 0 Å². The van der Waals surface area contributed by atoms with Gasteiger partial charge in [0.05, 0.1) is 19.3 Å². The van der Waals surface area contributed by atoms with Crippen LogP contribution in [-0.2, 0) is 22.6 Å². The van der Waals surface area contributed by atoms with E-state index in [1.807, 2.05) is 24.7 Å². The molecule has 5 nitrogen and oxygen atoms in total. The maximum absolute atomic E-state index is 6.16. The molecule has 2 aliphatic rings. The van der Waals surface area contributed by atoms with Crippen molar-refractivity contribution in [2.24, 2.45) is 5.41 Å². The second-order valence-corrected chi connectivity index (χ2v) is 7.53. The van der Waals surface area contributed by atoms with Gasteiger partial charge in [0.1, 0.15) is 0 Å². The van der Waals surface area contributed by atoms with Gasteiger partial charge in [0, 0.05) is 56.4 Å². The zero-order chi connectivity index (χ0) is 17.7. The van der Waals surface area contributed by atoms with E-state index < -0.39 is 0 Å². The van der Waals surface area contributed by atoms with Gasteiger partial charge in [0.15, 0.2) is 0 Å². The summed E-state index contributed by atoms with van der Waals surface area (Å²) < 4.78 is 12.3. The van der Waals surface area contributed by atoms with Crippen molar-refractivity contribution in [2.45, 2.75) is 38.5 Å². The van der Waals surface area contributed by atoms with Crippen molar-refractivity contribution in [3.63, 3.8) is 0 Å². The predicted molar refractivity (Wildman–Crippen MR) is 99.4 cm³/mol. The zero-order valence-electron chi connectivity index (χ0n) is 15.2. The molecule has 4 heterocycles. The number of piperidine rings is 1. The number of hydrogen-bond donors (Lipinski definition) is 0. The topological polar surface area (TPSA) is 47.5 Å². The fourth-order valence-electron chi connectivity index (χ4n) is 4.33. The Balaban J connectivity index is 1.41. The lowest BCUT2D eigenvalue weighted by Gasteiger charge is -2.50. The molecule has 26 heavy (non-hydrogen) atoms. The van der Waals surface area contributed by atoms with Crippen LogP contribution in [0.2, 0.25) is 0 Å². The first-order valence-corrected chi connectivity index (χ1v) is 9.54. The van der Waals surface area contributed by atoms with E-state index in [2.05, 4.69) is 33.1 Å². The van der Waals surface area contributed by atoms with E-state index >= 15 is 0 Å². The molecule has 0 amide bonds. The van der Waals surface area contributed by atoms with Crippen LogP contribution in [0.4, 0.5) is 0 Å². The van der Waals surface area contributed by atoms with Crippen LogP contribution in [0.5, 0.6) is 0 Å².